The highest BCUT2D eigenvalue weighted by molar-refractivity contribution is 7.19. The van der Waals surface area contributed by atoms with E-state index in [1.165, 1.54) is 29.2 Å². The second kappa shape index (κ2) is 7.36. The zero-order valence-corrected chi connectivity index (χ0v) is 16.2. The number of nitrogen functional groups attached to an aromatic ring is 1. The monoisotopic (exact) mass is 408 g/mol. The Balaban J connectivity index is 1.85. The molecule has 0 atom stereocenters. The lowest BCUT2D eigenvalue weighted by molar-refractivity contribution is -0.115. The molecule has 0 aliphatic heterocycles. The maximum absolute atomic E-state index is 12.6. The Bertz CT molecular complexity index is 1280. The number of furan rings is 1. The molecule has 0 saturated carbocycles. The number of methoxy groups -OCH3 is 1. The third kappa shape index (κ3) is 3.32. The molecule has 1 aliphatic rings. The minimum atomic E-state index is -0.493. The first-order valence-corrected chi connectivity index (χ1v) is 9.40. The summed E-state index contributed by atoms with van der Waals surface area (Å²) in [6.07, 6.45) is 8.34. The van der Waals surface area contributed by atoms with Crippen molar-refractivity contribution in [3.8, 4) is 10.8 Å². The molecule has 0 aromatic carbocycles. The van der Waals surface area contributed by atoms with Crippen LogP contribution < -0.4 is 11.3 Å². The molecular formula is C20H16N4O4S. The van der Waals surface area contributed by atoms with Gasteiger partial charge in [0.1, 0.15) is 5.82 Å². The van der Waals surface area contributed by atoms with Gasteiger partial charge in [-0.05, 0) is 42.4 Å². The van der Waals surface area contributed by atoms with E-state index in [1.54, 1.807) is 36.4 Å². The molecule has 8 nitrogen and oxygen atoms in total. The van der Waals surface area contributed by atoms with Gasteiger partial charge in [-0.25, -0.2) is 0 Å². The fourth-order valence-corrected chi connectivity index (χ4v) is 3.78. The lowest BCUT2D eigenvalue weighted by atomic mass is 9.95. The van der Waals surface area contributed by atoms with Crippen LogP contribution in [0, 0.1) is 0 Å². The first-order valence-electron chi connectivity index (χ1n) is 8.58. The molecule has 9 heteroatoms. The Hall–Kier alpha value is -3.72. The summed E-state index contributed by atoms with van der Waals surface area (Å²) in [4.78, 5) is 29.3. The van der Waals surface area contributed by atoms with E-state index in [0.29, 0.717) is 33.3 Å². The van der Waals surface area contributed by atoms with E-state index in [1.807, 2.05) is 0 Å². The minimum absolute atomic E-state index is 0.143. The van der Waals surface area contributed by atoms with Crippen molar-refractivity contribution < 1.29 is 13.9 Å². The first kappa shape index (κ1) is 18.6. The third-order valence-corrected chi connectivity index (χ3v) is 5.20. The summed E-state index contributed by atoms with van der Waals surface area (Å²) >= 11 is 1.20. The van der Waals surface area contributed by atoms with Crippen LogP contribution in [0.3, 0.4) is 0 Å². The number of aromatic nitrogens is 3. The molecule has 2 N–H and O–H groups in total. The molecule has 3 aromatic heterocycles. The minimum Gasteiger partial charge on any atom is -0.493 e. The molecule has 0 unspecified atom stereocenters. The normalized spacial score (nSPS) is 15.5. The quantitative estimate of drug-likeness (QED) is 0.646. The number of carbonyl (C=O) groups is 1. The number of carbonyl (C=O) groups excluding carboxylic acids is 1. The fraction of sp³-hybridized carbons (Fsp3) is 0.100. The van der Waals surface area contributed by atoms with Crippen molar-refractivity contribution in [2.75, 3.05) is 12.8 Å². The van der Waals surface area contributed by atoms with Crippen molar-refractivity contribution in [1.82, 2.24) is 14.6 Å². The van der Waals surface area contributed by atoms with Gasteiger partial charge in [-0.15, -0.1) is 11.7 Å². The van der Waals surface area contributed by atoms with Gasteiger partial charge >= 0.3 is 0 Å². The van der Waals surface area contributed by atoms with Crippen molar-refractivity contribution in [2.45, 2.75) is 6.42 Å². The first-order chi connectivity index (χ1) is 14.0. The van der Waals surface area contributed by atoms with E-state index in [-0.39, 0.29) is 22.9 Å². The highest BCUT2D eigenvalue weighted by Crippen LogP contribution is 2.28. The van der Waals surface area contributed by atoms with E-state index in [0.717, 1.165) is 0 Å². The smallest absolute Gasteiger partial charge is 0.283 e. The number of nitrogens with zero attached hydrogens (tertiary/aromatic N) is 3. The second-order valence-corrected chi connectivity index (χ2v) is 7.10. The molecule has 0 amide bonds. The zero-order valence-electron chi connectivity index (χ0n) is 15.4. The molecule has 4 rings (SSSR count). The third-order valence-electron chi connectivity index (χ3n) is 4.27. The van der Waals surface area contributed by atoms with E-state index in [2.05, 4.69) is 16.7 Å². The van der Waals surface area contributed by atoms with Crippen LogP contribution in [0.4, 0.5) is 5.82 Å². The van der Waals surface area contributed by atoms with Crippen LogP contribution in [0.5, 0.6) is 0 Å². The van der Waals surface area contributed by atoms with Gasteiger partial charge in [0.15, 0.2) is 16.5 Å². The predicted molar refractivity (Wildman–Crippen MR) is 110 cm³/mol. The molecule has 0 fully saturated rings. The Kier molecular flexibility index (Phi) is 4.73. The van der Waals surface area contributed by atoms with Crippen molar-refractivity contribution in [3.05, 3.63) is 76.0 Å². The number of nitrogens with two attached hydrogens (primary N) is 1. The number of hydrogen-bond donors (Lipinski definition) is 1. The van der Waals surface area contributed by atoms with E-state index < -0.39 is 5.56 Å². The lowest BCUT2D eigenvalue weighted by Crippen LogP contribution is -2.17. The Morgan fingerprint density at radius 1 is 1.38 bits per heavy atom. The van der Waals surface area contributed by atoms with Crippen LogP contribution in [0.2, 0.25) is 0 Å². The summed E-state index contributed by atoms with van der Waals surface area (Å²) in [5.41, 5.74) is 7.00. The number of anilines is 1. The molecule has 3 aromatic rings. The molecule has 0 radical (unpaired) electrons. The lowest BCUT2D eigenvalue weighted by Gasteiger charge is -2.14. The van der Waals surface area contributed by atoms with Crippen LogP contribution in [0.15, 0.2) is 69.3 Å². The highest BCUT2D eigenvalue weighted by atomic mass is 32.1. The number of allylic oxidation sites excluding steroid dienone is 5. The summed E-state index contributed by atoms with van der Waals surface area (Å²) in [5.74, 6) is 0.662. The van der Waals surface area contributed by atoms with Crippen molar-refractivity contribution in [3.63, 3.8) is 0 Å². The molecule has 146 valence electrons. The molecule has 0 spiro atoms. The summed E-state index contributed by atoms with van der Waals surface area (Å²) in [6, 6.07) is 3.51. The average molecular weight is 408 g/mol. The molecule has 3 heterocycles. The Morgan fingerprint density at radius 3 is 2.90 bits per heavy atom. The van der Waals surface area contributed by atoms with Gasteiger partial charge in [-0.1, -0.05) is 17.4 Å². The highest BCUT2D eigenvalue weighted by Gasteiger charge is 2.21. The summed E-state index contributed by atoms with van der Waals surface area (Å²) in [7, 11) is 1.42. The summed E-state index contributed by atoms with van der Waals surface area (Å²) < 4.78 is 11.9. The van der Waals surface area contributed by atoms with Gasteiger partial charge in [0.2, 0.25) is 10.7 Å². The van der Waals surface area contributed by atoms with E-state index in [4.69, 9.17) is 14.9 Å². The van der Waals surface area contributed by atoms with Crippen molar-refractivity contribution in [1.29, 1.82) is 0 Å². The van der Waals surface area contributed by atoms with Crippen molar-refractivity contribution in [2.24, 2.45) is 0 Å². The molecule has 29 heavy (non-hydrogen) atoms. The number of ether oxygens (including phenoxy) is 1. The van der Waals surface area contributed by atoms with Crippen LogP contribution in [-0.4, -0.2) is 27.5 Å². The number of hydrogen-bond acceptors (Lipinski definition) is 8. The molecule has 1 aliphatic carbocycles. The largest absolute Gasteiger partial charge is 0.493 e. The topological polar surface area (TPSA) is 113 Å². The van der Waals surface area contributed by atoms with E-state index in [9.17, 15) is 9.59 Å². The SMILES string of the molecule is C=CCC1=CC(=Cc2c(N)n3nc(-c4ccco4)sc3nc2=O)C=C(OC)C1=O. The number of ketones is 1. The molecular weight excluding hydrogens is 392 g/mol. The van der Waals surface area contributed by atoms with Gasteiger partial charge < -0.3 is 14.9 Å². The van der Waals surface area contributed by atoms with Crippen LogP contribution in [0.1, 0.15) is 12.0 Å². The number of rotatable bonds is 5. The molecule has 0 bridgehead atoms. The summed E-state index contributed by atoms with van der Waals surface area (Å²) in [5, 5.41) is 4.95. The van der Waals surface area contributed by atoms with Crippen molar-refractivity contribution >= 4 is 34.0 Å². The fourth-order valence-electron chi connectivity index (χ4n) is 2.91. The van der Waals surface area contributed by atoms with Gasteiger partial charge in [-0.2, -0.15) is 9.50 Å². The number of fused-ring (bicyclic) bond motifs is 1. The number of Topliss-reactive ketones (excluding diaryl/α,β-unsaturated/α-hetero) is 1. The predicted octanol–water partition coefficient (Wildman–Crippen LogP) is 2.99. The standard InChI is InChI=1S/C20H16N4O4S/c1-3-5-12-8-11(10-15(27-2)16(12)25)9-13-17(21)24-20(22-18(13)26)29-19(23-24)14-6-4-7-28-14/h3-4,6-10H,1,5,21H2,2H3. The second-order valence-electron chi connectivity index (χ2n) is 6.14. The van der Waals surface area contributed by atoms with Gasteiger partial charge in [0.05, 0.1) is 18.9 Å². The maximum Gasteiger partial charge on any atom is 0.283 e. The Morgan fingerprint density at radius 2 is 2.21 bits per heavy atom. The van der Waals surface area contributed by atoms with Crippen LogP contribution in [-0.2, 0) is 9.53 Å². The molecule has 0 saturated heterocycles. The van der Waals surface area contributed by atoms with Crippen LogP contribution >= 0.6 is 11.3 Å². The van der Waals surface area contributed by atoms with Gasteiger partial charge in [0.25, 0.3) is 5.56 Å². The van der Waals surface area contributed by atoms with Gasteiger partial charge in [0, 0.05) is 5.57 Å². The van der Waals surface area contributed by atoms with Gasteiger partial charge in [-0.3, -0.25) is 9.59 Å². The Labute approximate surface area is 168 Å². The van der Waals surface area contributed by atoms with Crippen LogP contribution in [0.25, 0.3) is 21.8 Å². The zero-order chi connectivity index (χ0) is 20.5. The average Bonchev–Trinajstić information content (AvgIpc) is 3.37. The summed E-state index contributed by atoms with van der Waals surface area (Å²) in [6.45, 7) is 3.66. The van der Waals surface area contributed by atoms with E-state index >= 15 is 0 Å². The maximum atomic E-state index is 12.6.